The highest BCUT2D eigenvalue weighted by molar-refractivity contribution is 7.89. The fourth-order valence-corrected chi connectivity index (χ4v) is 5.75. The Kier molecular flexibility index (Phi) is 6.00. The molecule has 0 atom stereocenters. The molecule has 2 aromatic carbocycles. The first-order valence-corrected chi connectivity index (χ1v) is 11.7. The van der Waals surface area contributed by atoms with Crippen molar-refractivity contribution in [3.8, 4) is 5.75 Å². The number of fused-ring (bicyclic) bond motifs is 1. The van der Waals surface area contributed by atoms with Crippen LogP contribution >= 0.6 is 0 Å². The van der Waals surface area contributed by atoms with Crippen molar-refractivity contribution in [3.63, 3.8) is 0 Å². The number of hydrogen-bond donors (Lipinski definition) is 0. The summed E-state index contributed by atoms with van der Waals surface area (Å²) < 4.78 is 34.6. The van der Waals surface area contributed by atoms with E-state index in [0.29, 0.717) is 13.0 Å². The van der Waals surface area contributed by atoms with Crippen molar-refractivity contribution in [3.05, 3.63) is 81.2 Å². The lowest BCUT2D eigenvalue weighted by atomic mass is 10.0. The van der Waals surface area contributed by atoms with Gasteiger partial charge in [-0.05, 0) is 37.5 Å². The molecule has 0 bridgehead atoms. The van der Waals surface area contributed by atoms with Crippen LogP contribution in [-0.2, 0) is 23.0 Å². The molecule has 10 nitrogen and oxygen atoms in total. The number of nitro benzene ring substituents is 1. The van der Waals surface area contributed by atoms with Gasteiger partial charge in [0.1, 0.15) is 4.90 Å². The third-order valence-electron chi connectivity index (χ3n) is 5.57. The normalized spacial score (nSPS) is 14.0. The van der Waals surface area contributed by atoms with Crippen molar-refractivity contribution < 1.29 is 22.9 Å². The molecule has 0 spiro atoms. The number of nitrogens with zero attached hydrogens (tertiary/aromatic N) is 4. The first-order chi connectivity index (χ1) is 15.7. The Labute approximate surface area is 190 Å². The molecule has 0 radical (unpaired) electrons. The summed E-state index contributed by atoms with van der Waals surface area (Å²) in [6.45, 7) is 3.08. The Balaban J connectivity index is 1.57. The molecule has 0 amide bonds. The van der Waals surface area contributed by atoms with Gasteiger partial charge in [-0.25, -0.2) is 13.1 Å². The van der Waals surface area contributed by atoms with Crippen LogP contribution in [0.3, 0.4) is 0 Å². The van der Waals surface area contributed by atoms with Gasteiger partial charge in [0, 0.05) is 19.2 Å². The number of carbonyl (C=O) groups excluding carboxylic acids is 1. The van der Waals surface area contributed by atoms with Gasteiger partial charge in [-0.15, -0.1) is 0 Å². The Morgan fingerprint density at radius 1 is 1.12 bits per heavy atom. The summed E-state index contributed by atoms with van der Waals surface area (Å²) in [4.78, 5) is 23.3. The van der Waals surface area contributed by atoms with Crippen LogP contribution in [0.5, 0.6) is 5.75 Å². The molecule has 2 heterocycles. The second kappa shape index (κ2) is 8.75. The van der Waals surface area contributed by atoms with E-state index < -0.39 is 27.5 Å². The summed E-state index contributed by atoms with van der Waals surface area (Å²) in [5, 5.41) is 15.3. The molecule has 3 aromatic rings. The van der Waals surface area contributed by atoms with Gasteiger partial charge in [0.05, 0.1) is 16.3 Å². The minimum atomic E-state index is -3.90. The average Bonchev–Trinajstić information content (AvgIpc) is 3.11. The number of aryl methyl sites for hydroxylation is 1. The van der Waals surface area contributed by atoms with Crippen molar-refractivity contribution in [2.24, 2.45) is 0 Å². The van der Waals surface area contributed by atoms with Gasteiger partial charge in [-0.2, -0.15) is 9.40 Å². The summed E-state index contributed by atoms with van der Waals surface area (Å²) in [6.07, 6.45) is 0.601. The highest BCUT2D eigenvalue weighted by Crippen LogP contribution is 2.29. The highest BCUT2D eigenvalue weighted by atomic mass is 32.2. The second-order valence-corrected chi connectivity index (χ2v) is 9.55. The standard InChI is InChI=1S/C22H22N4O6S/c1-15-22(33(30,31)24-12-11-17-7-3-4-8-18(17)13-24)16(2)25(23-15)21(27)14-32-20-10-6-5-9-19(20)26(28)29/h3-10H,11-14H2,1-2H3. The molecule has 0 saturated heterocycles. The number of ether oxygens (including phenoxy) is 1. The maximum absolute atomic E-state index is 13.4. The van der Waals surface area contributed by atoms with Gasteiger partial charge in [-0.1, -0.05) is 36.4 Å². The molecule has 4 rings (SSSR count). The maximum Gasteiger partial charge on any atom is 0.310 e. The second-order valence-electron chi connectivity index (χ2n) is 7.68. The number of sulfonamides is 1. The van der Waals surface area contributed by atoms with Crippen LogP contribution in [0.25, 0.3) is 0 Å². The molecular weight excluding hydrogens is 448 g/mol. The number of carbonyl (C=O) groups is 1. The number of aromatic nitrogens is 2. The van der Waals surface area contributed by atoms with Crippen LogP contribution in [0.15, 0.2) is 53.4 Å². The van der Waals surface area contributed by atoms with E-state index in [9.17, 15) is 23.3 Å². The van der Waals surface area contributed by atoms with Gasteiger partial charge in [0.15, 0.2) is 12.4 Å². The number of hydrogen-bond acceptors (Lipinski definition) is 7. The number of rotatable bonds is 6. The molecule has 0 aliphatic carbocycles. The van der Waals surface area contributed by atoms with Gasteiger partial charge in [0.25, 0.3) is 5.91 Å². The summed E-state index contributed by atoms with van der Waals surface area (Å²) in [5.41, 5.74) is 2.17. The van der Waals surface area contributed by atoms with Crippen LogP contribution in [0.2, 0.25) is 0 Å². The molecule has 1 aliphatic rings. The number of para-hydroxylation sites is 2. The largest absolute Gasteiger partial charge is 0.477 e. The van der Waals surface area contributed by atoms with E-state index >= 15 is 0 Å². The lowest BCUT2D eigenvalue weighted by molar-refractivity contribution is -0.385. The molecular formula is C22H22N4O6S. The van der Waals surface area contributed by atoms with E-state index in [1.165, 1.54) is 36.4 Å². The Bertz CT molecular complexity index is 1350. The lowest BCUT2D eigenvalue weighted by Crippen LogP contribution is -2.36. The van der Waals surface area contributed by atoms with E-state index in [2.05, 4.69) is 5.10 Å². The Hall–Kier alpha value is -3.57. The molecule has 11 heteroatoms. The van der Waals surface area contributed by atoms with Gasteiger partial charge in [-0.3, -0.25) is 14.9 Å². The zero-order valence-corrected chi connectivity index (χ0v) is 18.9. The lowest BCUT2D eigenvalue weighted by Gasteiger charge is -2.28. The summed E-state index contributed by atoms with van der Waals surface area (Å²) in [6, 6.07) is 13.4. The fourth-order valence-electron chi connectivity index (χ4n) is 3.98. The van der Waals surface area contributed by atoms with Crippen molar-refractivity contribution in [1.29, 1.82) is 0 Å². The molecule has 0 unspecified atom stereocenters. The highest BCUT2D eigenvalue weighted by Gasteiger charge is 2.34. The number of benzene rings is 2. The van der Waals surface area contributed by atoms with E-state index in [4.69, 9.17) is 4.74 Å². The van der Waals surface area contributed by atoms with Crippen molar-refractivity contribution in [2.75, 3.05) is 13.2 Å². The van der Waals surface area contributed by atoms with Gasteiger partial charge in [0.2, 0.25) is 10.0 Å². The zero-order chi connectivity index (χ0) is 23.8. The van der Waals surface area contributed by atoms with Gasteiger partial charge < -0.3 is 4.74 Å². The van der Waals surface area contributed by atoms with E-state index in [1.807, 2.05) is 24.3 Å². The van der Waals surface area contributed by atoms with E-state index in [-0.39, 0.29) is 34.3 Å². The minimum Gasteiger partial charge on any atom is -0.477 e. The van der Waals surface area contributed by atoms with Crippen LogP contribution in [0.4, 0.5) is 5.69 Å². The summed E-state index contributed by atoms with van der Waals surface area (Å²) >= 11 is 0. The topological polar surface area (TPSA) is 125 Å². The SMILES string of the molecule is Cc1nn(C(=O)COc2ccccc2[N+](=O)[O-])c(C)c1S(=O)(=O)N1CCc2ccccc2C1. The molecule has 0 N–H and O–H groups in total. The molecule has 33 heavy (non-hydrogen) atoms. The van der Waals surface area contributed by atoms with Crippen molar-refractivity contribution in [2.45, 2.75) is 31.7 Å². The van der Waals surface area contributed by atoms with Crippen LogP contribution in [-0.4, -0.2) is 46.5 Å². The van der Waals surface area contributed by atoms with Crippen molar-refractivity contribution >= 4 is 21.6 Å². The first kappa shape index (κ1) is 22.6. The molecule has 1 aliphatic heterocycles. The summed E-state index contributed by atoms with van der Waals surface area (Å²) in [7, 11) is -3.90. The zero-order valence-electron chi connectivity index (χ0n) is 18.1. The minimum absolute atomic E-state index is 0.0130. The molecule has 0 saturated carbocycles. The molecule has 172 valence electrons. The van der Waals surface area contributed by atoms with Gasteiger partial charge >= 0.3 is 5.69 Å². The van der Waals surface area contributed by atoms with Crippen molar-refractivity contribution in [1.82, 2.24) is 14.1 Å². The van der Waals surface area contributed by atoms with Crippen LogP contribution < -0.4 is 4.74 Å². The summed E-state index contributed by atoms with van der Waals surface area (Å²) in [5.74, 6) is -0.698. The van der Waals surface area contributed by atoms with E-state index in [1.54, 1.807) is 6.07 Å². The predicted molar refractivity (Wildman–Crippen MR) is 119 cm³/mol. The fraction of sp³-hybridized carbons (Fsp3) is 0.273. The van der Waals surface area contributed by atoms with Crippen LogP contribution in [0.1, 0.15) is 27.3 Å². The maximum atomic E-state index is 13.4. The monoisotopic (exact) mass is 470 g/mol. The third kappa shape index (κ3) is 4.24. The smallest absolute Gasteiger partial charge is 0.310 e. The third-order valence-corrected chi connectivity index (χ3v) is 7.67. The average molecular weight is 471 g/mol. The predicted octanol–water partition coefficient (Wildman–Crippen LogP) is 2.87. The molecule has 0 fully saturated rings. The Morgan fingerprint density at radius 3 is 2.52 bits per heavy atom. The number of nitro groups is 1. The van der Waals surface area contributed by atoms with E-state index in [0.717, 1.165) is 15.8 Å². The Morgan fingerprint density at radius 2 is 1.79 bits per heavy atom. The quantitative estimate of drug-likeness (QED) is 0.401. The van der Waals surface area contributed by atoms with Crippen LogP contribution in [0, 0.1) is 24.0 Å². The first-order valence-electron chi connectivity index (χ1n) is 10.2. The molecule has 1 aromatic heterocycles.